The Morgan fingerprint density at radius 1 is 1.33 bits per heavy atom. The highest BCUT2D eigenvalue weighted by Crippen LogP contribution is 2.19. The van der Waals surface area contributed by atoms with E-state index in [-0.39, 0.29) is 0 Å². The van der Waals surface area contributed by atoms with Crippen LogP contribution in [-0.4, -0.2) is 20.8 Å². The van der Waals surface area contributed by atoms with Crippen LogP contribution in [0.3, 0.4) is 0 Å². The van der Waals surface area contributed by atoms with Crippen molar-refractivity contribution in [1.82, 2.24) is 20.1 Å². The van der Waals surface area contributed by atoms with Crippen LogP contribution in [0.25, 0.3) is 5.82 Å². The number of hydrogen-bond donors (Lipinski definition) is 1. The van der Waals surface area contributed by atoms with Crippen LogP contribution < -0.4 is 5.32 Å². The van der Waals surface area contributed by atoms with Crippen LogP contribution >= 0.6 is 0 Å². The fraction of sp³-hybridized carbons (Fsp3) is 0.429. The summed E-state index contributed by atoms with van der Waals surface area (Å²) in [4.78, 5) is 4.53. The first-order chi connectivity index (χ1) is 8.70. The van der Waals surface area contributed by atoms with Crippen molar-refractivity contribution in [3.63, 3.8) is 0 Å². The van der Waals surface area contributed by atoms with E-state index < -0.39 is 0 Å². The predicted molar refractivity (Wildman–Crippen MR) is 70.7 cm³/mol. The van der Waals surface area contributed by atoms with Crippen molar-refractivity contribution >= 4 is 0 Å². The number of aryl methyl sites for hydroxylation is 2. The maximum absolute atomic E-state index is 4.53. The van der Waals surface area contributed by atoms with Crippen molar-refractivity contribution in [3.8, 4) is 5.82 Å². The molecule has 18 heavy (non-hydrogen) atoms. The van der Waals surface area contributed by atoms with Crippen LogP contribution in [0.15, 0.2) is 24.5 Å². The molecule has 0 amide bonds. The summed E-state index contributed by atoms with van der Waals surface area (Å²) in [6.07, 6.45) is 6.48. The Labute approximate surface area is 107 Å². The molecule has 0 bridgehead atoms. The first-order valence-electron chi connectivity index (χ1n) is 6.43. The Morgan fingerprint density at radius 3 is 2.83 bits per heavy atom. The molecule has 1 aliphatic carbocycles. The highest BCUT2D eigenvalue weighted by atomic mass is 15.3. The summed E-state index contributed by atoms with van der Waals surface area (Å²) in [6, 6.07) is 4.97. The molecule has 0 spiro atoms. The first kappa shape index (κ1) is 11.4. The van der Waals surface area contributed by atoms with Crippen molar-refractivity contribution < 1.29 is 0 Å². The monoisotopic (exact) mass is 242 g/mol. The van der Waals surface area contributed by atoms with E-state index in [9.17, 15) is 0 Å². The van der Waals surface area contributed by atoms with E-state index in [1.807, 2.05) is 30.9 Å². The highest BCUT2D eigenvalue weighted by molar-refractivity contribution is 5.30. The Bertz CT molecular complexity index is 555. The molecule has 1 aliphatic rings. The average molecular weight is 242 g/mol. The van der Waals surface area contributed by atoms with Crippen LogP contribution in [0.5, 0.6) is 0 Å². The largest absolute Gasteiger partial charge is 0.310 e. The zero-order valence-electron chi connectivity index (χ0n) is 10.8. The third-order valence-corrected chi connectivity index (χ3v) is 3.12. The third-order valence-electron chi connectivity index (χ3n) is 3.12. The van der Waals surface area contributed by atoms with Crippen LogP contribution in [0.2, 0.25) is 0 Å². The summed E-state index contributed by atoms with van der Waals surface area (Å²) < 4.78 is 1.84. The van der Waals surface area contributed by atoms with Gasteiger partial charge in [-0.25, -0.2) is 9.67 Å². The quantitative estimate of drug-likeness (QED) is 0.893. The molecule has 94 valence electrons. The molecular formula is C14H18N4. The lowest BCUT2D eigenvalue weighted by molar-refractivity contribution is 0.684. The Balaban J connectivity index is 1.84. The molecule has 0 unspecified atom stereocenters. The molecule has 1 fully saturated rings. The zero-order chi connectivity index (χ0) is 12.5. The molecule has 4 nitrogen and oxygen atoms in total. The van der Waals surface area contributed by atoms with Gasteiger partial charge in [-0.15, -0.1) is 0 Å². The zero-order valence-corrected chi connectivity index (χ0v) is 10.8. The van der Waals surface area contributed by atoms with Gasteiger partial charge in [0.2, 0.25) is 0 Å². The number of aromatic nitrogens is 3. The number of nitrogens with one attached hydrogen (secondary N) is 1. The summed E-state index contributed by atoms with van der Waals surface area (Å²) >= 11 is 0. The molecule has 3 rings (SSSR count). The second-order valence-electron chi connectivity index (χ2n) is 5.09. The first-order valence-corrected chi connectivity index (χ1v) is 6.43. The molecule has 2 aromatic rings. The lowest BCUT2D eigenvalue weighted by Gasteiger charge is -2.07. The SMILES string of the molecule is Cc1cnn(-c2cc(CNC3CC3)cc(C)n2)c1. The fourth-order valence-corrected chi connectivity index (χ4v) is 2.03. The summed E-state index contributed by atoms with van der Waals surface area (Å²) in [5, 5.41) is 7.84. The predicted octanol–water partition coefficient (Wildman–Crippen LogP) is 2.14. The van der Waals surface area contributed by atoms with Gasteiger partial charge in [-0.2, -0.15) is 5.10 Å². The molecule has 0 radical (unpaired) electrons. The molecule has 1 saturated carbocycles. The van der Waals surface area contributed by atoms with Gasteiger partial charge in [0.15, 0.2) is 5.82 Å². The van der Waals surface area contributed by atoms with Gasteiger partial charge < -0.3 is 5.32 Å². The number of nitrogens with zero attached hydrogens (tertiary/aromatic N) is 3. The molecule has 0 saturated heterocycles. The summed E-state index contributed by atoms with van der Waals surface area (Å²) in [5.74, 6) is 0.899. The average Bonchev–Trinajstić information content (AvgIpc) is 3.07. The number of rotatable bonds is 4. The van der Waals surface area contributed by atoms with E-state index in [4.69, 9.17) is 0 Å². The number of hydrogen-bond acceptors (Lipinski definition) is 3. The molecule has 0 atom stereocenters. The summed E-state index contributed by atoms with van der Waals surface area (Å²) in [5.41, 5.74) is 3.46. The molecule has 2 aromatic heterocycles. The smallest absolute Gasteiger partial charge is 0.153 e. The van der Waals surface area contributed by atoms with Gasteiger partial charge in [-0.1, -0.05) is 0 Å². The van der Waals surface area contributed by atoms with Gasteiger partial charge in [0.05, 0.1) is 6.20 Å². The highest BCUT2D eigenvalue weighted by Gasteiger charge is 2.20. The summed E-state index contributed by atoms with van der Waals surface area (Å²) in [7, 11) is 0. The van der Waals surface area contributed by atoms with Crippen LogP contribution in [-0.2, 0) is 6.54 Å². The molecule has 0 aromatic carbocycles. The van der Waals surface area contributed by atoms with Gasteiger partial charge in [-0.3, -0.25) is 0 Å². The fourth-order valence-electron chi connectivity index (χ4n) is 2.03. The van der Waals surface area contributed by atoms with Crippen molar-refractivity contribution in [2.24, 2.45) is 0 Å². The molecule has 1 N–H and O–H groups in total. The minimum absolute atomic E-state index is 0.730. The minimum Gasteiger partial charge on any atom is -0.310 e. The van der Waals surface area contributed by atoms with Gasteiger partial charge in [0.25, 0.3) is 0 Å². The van der Waals surface area contributed by atoms with Gasteiger partial charge in [-0.05, 0) is 49.9 Å². The van der Waals surface area contributed by atoms with E-state index in [2.05, 4.69) is 27.5 Å². The normalized spacial score (nSPS) is 15.0. The maximum Gasteiger partial charge on any atom is 0.153 e. The Hall–Kier alpha value is -1.68. The van der Waals surface area contributed by atoms with Crippen molar-refractivity contribution in [2.45, 2.75) is 39.3 Å². The Morgan fingerprint density at radius 2 is 2.17 bits per heavy atom. The van der Waals surface area contributed by atoms with Crippen LogP contribution in [0, 0.1) is 13.8 Å². The minimum atomic E-state index is 0.730. The van der Waals surface area contributed by atoms with E-state index in [0.717, 1.165) is 29.7 Å². The second kappa shape index (κ2) is 4.53. The number of pyridine rings is 1. The lowest BCUT2D eigenvalue weighted by atomic mass is 10.2. The van der Waals surface area contributed by atoms with E-state index in [1.165, 1.54) is 18.4 Å². The van der Waals surface area contributed by atoms with Crippen molar-refractivity contribution in [1.29, 1.82) is 0 Å². The molecule has 0 aliphatic heterocycles. The molecule has 4 heteroatoms. The van der Waals surface area contributed by atoms with Gasteiger partial charge >= 0.3 is 0 Å². The summed E-state index contributed by atoms with van der Waals surface area (Å²) in [6.45, 7) is 4.98. The topological polar surface area (TPSA) is 42.7 Å². The maximum atomic E-state index is 4.53. The van der Waals surface area contributed by atoms with Crippen molar-refractivity contribution in [3.05, 3.63) is 41.3 Å². The van der Waals surface area contributed by atoms with Crippen LogP contribution in [0.1, 0.15) is 29.7 Å². The van der Waals surface area contributed by atoms with Gasteiger partial charge in [0.1, 0.15) is 0 Å². The van der Waals surface area contributed by atoms with Crippen molar-refractivity contribution in [2.75, 3.05) is 0 Å². The van der Waals surface area contributed by atoms with E-state index in [1.54, 1.807) is 0 Å². The Kier molecular flexibility index (Phi) is 2.88. The third kappa shape index (κ3) is 2.59. The standard InChI is InChI=1S/C14H18N4/c1-10-7-16-18(9-10)14-6-12(5-11(2)17-14)8-15-13-3-4-13/h5-7,9,13,15H,3-4,8H2,1-2H3. The van der Waals surface area contributed by atoms with E-state index in [0.29, 0.717) is 0 Å². The van der Waals surface area contributed by atoms with Gasteiger partial charge in [0, 0.05) is 24.5 Å². The second-order valence-corrected chi connectivity index (χ2v) is 5.09. The lowest BCUT2D eigenvalue weighted by Crippen LogP contribution is -2.16. The van der Waals surface area contributed by atoms with E-state index >= 15 is 0 Å². The molecular weight excluding hydrogens is 224 g/mol. The van der Waals surface area contributed by atoms with Crippen LogP contribution in [0.4, 0.5) is 0 Å². The molecule has 2 heterocycles.